The van der Waals surface area contributed by atoms with E-state index in [4.69, 9.17) is 4.52 Å². The maximum absolute atomic E-state index is 5.43. The van der Waals surface area contributed by atoms with Crippen molar-refractivity contribution in [3.63, 3.8) is 0 Å². The third-order valence-corrected chi connectivity index (χ3v) is 4.53. The van der Waals surface area contributed by atoms with E-state index in [0.717, 1.165) is 35.8 Å². The summed E-state index contributed by atoms with van der Waals surface area (Å²) in [5, 5.41) is 15.0. The summed E-state index contributed by atoms with van der Waals surface area (Å²) in [6.07, 6.45) is 4.95. The molecular weight excluding hydrogens is 481 g/mol. The van der Waals surface area contributed by atoms with Crippen molar-refractivity contribution in [2.75, 3.05) is 7.05 Å². The second-order valence-corrected chi connectivity index (χ2v) is 6.43. The topological polar surface area (TPSA) is 93.2 Å². The summed E-state index contributed by atoms with van der Waals surface area (Å²) < 4.78 is 7.23. The molecule has 0 aliphatic carbocycles. The number of nitrogens with zero attached hydrogens (tertiary/aromatic N) is 5. The van der Waals surface area contributed by atoms with Gasteiger partial charge in [-0.2, -0.15) is 5.10 Å². The molecule has 0 atom stereocenters. The molecule has 0 aliphatic rings. The Hall–Kier alpha value is -2.43. The minimum Gasteiger partial charge on any atom is -0.361 e. The lowest BCUT2D eigenvalue weighted by molar-refractivity contribution is 0.380. The molecule has 3 aromatic rings. The fourth-order valence-corrected chi connectivity index (χ4v) is 3.06. The molecule has 0 fully saturated rings. The van der Waals surface area contributed by atoms with Crippen molar-refractivity contribution < 1.29 is 4.52 Å². The lowest BCUT2D eigenvalue weighted by atomic mass is 10.1. The van der Waals surface area contributed by atoms with E-state index in [0.29, 0.717) is 19.6 Å². The predicted octanol–water partition coefficient (Wildman–Crippen LogP) is 2.92. The molecule has 2 heterocycles. The predicted molar refractivity (Wildman–Crippen MR) is 123 cm³/mol. The van der Waals surface area contributed by atoms with Crippen LogP contribution in [0.2, 0.25) is 0 Å². The van der Waals surface area contributed by atoms with Gasteiger partial charge in [0.25, 0.3) is 0 Å². The minimum absolute atomic E-state index is 0. The van der Waals surface area contributed by atoms with E-state index in [9.17, 15) is 0 Å². The van der Waals surface area contributed by atoms with E-state index >= 15 is 0 Å². The molecule has 3 rings (SSSR count). The number of nitrogens with one attached hydrogen (secondary N) is 2. The number of guanidine groups is 1. The molecule has 2 N–H and O–H groups in total. The first-order valence-corrected chi connectivity index (χ1v) is 9.54. The van der Waals surface area contributed by atoms with E-state index in [1.165, 1.54) is 11.1 Å². The molecule has 0 spiro atoms. The zero-order valence-electron chi connectivity index (χ0n) is 17.1. The highest BCUT2D eigenvalue weighted by Gasteiger charge is 2.13. The Bertz CT molecular complexity index is 884. The van der Waals surface area contributed by atoms with Crippen LogP contribution in [0.15, 0.2) is 46.4 Å². The summed E-state index contributed by atoms with van der Waals surface area (Å²) in [5.74, 6) is 1.67. The van der Waals surface area contributed by atoms with Crippen LogP contribution in [0.4, 0.5) is 0 Å². The second-order valence-electron chi connectivity index (χ2n) is 6.43. The van der Waals surface area contributed by atoms with Crippen molar-refractivity contribution in [1.29, 1.82) is 0 Å². The van der Waals surface area contributed by atoms with Crippen molar-refractivity contribution in [1.82, 2.24) is 30.6 Å². The van der Waals surface area contributed by atoms with Crippen molar-refractivity contribution in [3.05, 3.63) is 65.1 Å². The highest BCUT2D eigenvalue weighted by Crippen LogP contribution is 2.15. The Balaban J connectivity index is 0.00000300. The van der Waals surface area contributed by atoms with Crippen LogP contribution in [0, 0.1) is 0 Å². The summed E-state index contributed by atoms with van der Waals surface area (Å²) in [6, 6.07) is 8.39. The van der Waals surface area contributed by atoms with Gasteiger partial charge in [-0.1, -0.05) is 43.3 Å². The number of aliphatic imine (C=N–C) groups is 1. The molecule has 156 valence electrons. The quantitative estimate of drug-likeness (QED) is 0.276. The van der Waals surface area contributed by atoms with Crippen molar-refractivity contribution in [2.45, 2.75) is 46.3 Å². The van der Waals surface area contributed by atoms with Crippen LogP contribution in [-0.2, 0) is 32.5 Å². The van der Waals surface area contributed by atoms with Crippen LogP contribution in [0.25, 0.3) is 0 Å². The average molecular weight is 509 g/mol. The summed E-state index contributed by atoms with van der Waals surface area (Å²) in [7, 11) is 1.77. The van der Waals surface area contributed by atoms with Crippen molar-refractivity contribution >= 4 is 29.9 Å². The van der Waals surface area contributed by atoms with E-state index < -0.39 is 0 Å². The zero-order chi connectivity index (χ0) is 19.8. The van der Waals surface area contributed by atoms with Gasteiger partial charge in [-0.05, 0) is 17.5 Å². The van der Waals surface area contributed by atoms with Gasteiger partial charge in [-0.3, -0.25) is 4.99 Å². The molecule has 0 unspecified atom stereocenters. The van der Waals surface area contributed by atoms with E-state index in [2.05, 4.69) is 69.0 Å². The standard InChI is InChI=1S/C20H27N7O.HI/c1-4-18-17(19(5-2)28-26-18)11-24-20(21-3)23-10-15-7-6-8-16(9-15)12-27-14-22-13-25-27;/h6-9,13-14H,4-5,10-12H2,1-3H3,(H2,21,23,24);1H. The first-order chi connectivity index (χ1) is 13.7. The van der Waals surface area contributed by atoms with E-state index in [1.807, 2.05) is 4.68 Å². The molecule has 0 aliphatic heterocycles. The molecule has 0 saturated heterocycles. The third-order valence-electron chi connectivity index (χ3n) is 4.53. The Morgan fingerprint density at radius 2 is 1.93 bits per heavy atom. The number of halogens is 1. The monoisotopic (exact) mass is 509 g/mol. The first-order valence-electron chi connectivity index (χ1n) is 9.54. The number of aryl methyl sites for hydroxylation is 2. The lowest BCUT2D eigenvalue weighted by Gasteiger charge is -2.13. The Morgan fingerprint density at radius 1 is 1.14 bits per heavy atom. The normalized spacial score (nSPS) is 11.2. The molecule has 1 aromatic carbocycles. The fraction of sp³-hybridized carbons (Fsp3) is 0.400. The van der Waals surface area contributed by atoms with Crippen LogP contribution in [0.1, 0.15) is 42.0 Å². The molecule has 8 nitrogen and oxygen atoms in total. The minimum atomic E-state index is 0. The van der Waals surface area contributed by atoms with E-state index in [1.54, 1.807) is 19.7 Å². The lowest BCUT2D eigenvalue weighted by Crippen LogP contribution is -2.36. The second kappa shape index (κ2) is 11.5. The van der Waals surface area contributed by atoms with Gasteiger partial charge < -0.3 is 15.2 Å². The summed E-state index contributed by atoms with van der Waals surface area (Å²) in [6.45, 7) is 6.18. The maximum atomic E-state index is 5.43. The van der Waals surface area contributed by atoms with Gasteiger partial charge in [0.15, 0.2) is 5.96 Å². The molecule has 29 heavy (non-hydrogen) atoms. The van der Waals surface area contributed by atoms with Gasteiger partial charge in [0.2, 0.25) is 0 Å². The molecule has 0 saturated carbocycles. The van der Waals surface area contributed by atoms with Crippen LogP contribution >= 0.6 is 24.0 Å². The summed E-state index contributed by atoms with van der Waals surface area (Å²) >= 11 is 0. The number of benzene rings is 1. The van der Waals surface area contributed by atoms with Crippen LogP contribution in [-0.4, -0.2) is 32.9 Å². The Labute approximate surface area is 188 Å². The number of hydrogen-bond donors (Lipinski definition) is 2. The van der Waals surface area contributed by atoms with Gasteiger partial charge >= 0.3 is 0 Å². The third kappa shape index (κ3) is 6.28. The van der Waals surface area contributed by atoms with Gasteiger partial charge in [0.05, 0.1) is 12.2 Å². The van der Waals surface area contributed by atoms with Crippen LogP contribution < -0.4 is 10.6 Å². The summed E-state index contributed by atoms with van der Waals surface area (Å²) in [5.41, 5.74) is 4.48. The van der Waals surface area contributed by atoms with Crippen LogP contribution in [0.3, 0.4) is 0 Å². The van der Waals surface area contributed by atoms with E-state index in [-0.39, 0.29) is 24.0 Å². The number of rotatable bonds is 8. The SMILES string of the molecule is CCc1noc(CC)c1CNC(=NC)NCc1cccc(Cn2cncn2)c1.I. The van der Waals surface area contributed by atoms with Crippen molar-refractivity contribution in [3.8, 4) is 0 Å². The smallest absolute Gasteiger partial charge is 0.191 e. The highest BCUT2D eigenvalue weighted by molar-refractivity contribution is 14.0. The van der Waals surface area contributed by atoms with Crippen molar-refractivity contribution in [2.24, 2.45) is 4.99 Å². The zero-order valence-corrected chi connectivity index (χ0v) is 19.4. The molecule has 0 radical (unpaired) electrons. The summed E-state index contributed by atoms with van der Waals surface area (Å²) in [4.78, 5) is 8.30. The van der Waals surface area contributed by atoms with Gasteiger partial charge in [0, 0.05) is 32.1 Å². The Morgan fingerprint density at radius 3 is 2.62 bits per heavy atom. The molecule has 2 aromatic heterocycles. The molecule has 9 heteroatoms. The average Bonchev–Trinajstić information content (AvgIpc) is 3.37. The Kier molecular flexibility index (Phi) is 9.10. The number of hydrogen-bond acceptors (Lipinski definition) is 5. The fourth-order valence-electron chi connectivity index (χ4n) is 3.06. The molecule has 0 bridgehead atoms. The largest absolute Gasteiger partial charge is 0.361 e. The van der Waals surface area contributed by atoms with Gasteiger partial charge in [0.1, 0.15) is 18.4 Å². The highest BCUT2D eigenvalue weighted by atomic mass is 127. The molecular formula is C20H28IN7O. The van der Waals surface area contributed by atoms with Crippen LogP contribution in [0.5, 0.6) is 0 Å². The first kappa shape index (κ1) is 22.9. The van der Waals surface area contributed by atoms with Gasteiger partial charge in [-0.25, -0.2) is 9.67 Å². The number of aromatic nitrogens is 4. The molecule has 0 amide bonds. The van der Waals surface area contributed by atoms with Gasteiger partial charge in [-0.15, -0.1) is 24.0 Å². The maximum Gasteiger partial charge on any atom is 0.191 e.